The number of aryl methyl sites for hydroxylation is 1. The molecule has 3 aromatic rings. The molecule has 0 unspecified atom stereocenters. The van der Waals surface area contributed by atoms with Gasteiger partial charge in [0.1, 0.15) is 5.69 Å². The van der Waals surface area contributed by atoms with Crippen LogP contribution in [0.1, 0.15) is 28.1 Å². The first-order chi connectivity index (χ1) is 12.3. The van der Waals surface area contributed by atoms with Gasteiger partial charge in [-0.25, -0.2) is 4.39 Å². The zero-order valence-electron chi connectivity index (χ0n) is 14.0. The maximum atomic E-state index is 14.5. The second-order valence-corrected chi connectivity index (χ2v) is 5.93. The van der Waals surface area contributed by atoms with Gasteiger partial charge in [-0.15, -0.1) is 0 Å². The summed E-state index contributed by atoms with van der Waals surface area (Å²) in [6.45, 7) is 2.34. The van der Waals surface area contributed by atoms with Gasteiger partial charge in [-0.1, -0.05) is 42.5 Å². The summed E-state index contributed by atoms with van der Waals surface area (Å²) >= 11 is 0. The van der Waals surface area contributed by atoms with E-state index in [2.05, 4.69) is 5.10 Å². The van der Waals surface area contributed by atoms with Crippen molar-refractivity contribution in [3.63, 3.8) is 0 Å². The topological polar surface area (TPSA) is 17.8 Å². The number of aromatic nitrogens is 2. The lowest BCUT2D eigenvalue weighted by atomic mass is 10.1. The van der Waals surface area contributed by atoms with Crippen molar-refractivity contribution in [1.29, 1.82) is 0 Å². The summed E-state index contributed by atoms with van der Waals surface area (Å²) in [6, 6.07) is 15.6. The van der Waals surface area contributed by atoms with Crippen molar-refractivity contribution in [2.75, 3.05) is 0 Å². The first-order valence-corrected chi connectivity index (χ1v) is 7.96. The summed E-state index contributed by atoms with van der Waals surface area (Å²) in [5.41, 5.74) is 1.55. The Hall–Kier alpha value is -2.89. The lowest BCUT2D eigenvalue weighted by Gasteiger charge is -2.06. The molecule has 0 radical (unpaired) electrons. The minimum absolute atomic E-state index is 0.151. The molecular formula is C20H16F4N2. The molecule has 2 aromatic carbocycles. The highest BCUT2D eigenvalue weighted by atomic mass is 19.4. The molecule has 1 aromatic heterocycles. The summed E-state index contributed by atoms with van der Waals surface area (Å²) < 4.78 is 53.8. The molecule has 26 heavy (non-hydrogen) atoms. The van der Waals surface area contributed by atoms with Crippen molar-refractivity contribution < 1.29 is 17.6 Å². The number of rotatable bonds is 4. The van der Waals surface area contributed by atoms with Crippen LogP contribution in [0.2, 0.25) is 0 Å². The highest BCUT2D eigenvalue weighted by molar-refractivity contribution is 5.75. The quantitative estimate of drug-likeness (QED) is 0.544. The fourth-order valence-electron chi connectivity index (χ4n) is 2.53. The summed E-state index contributed by atoms with van der Waals surface area (Å²) in [5, 5.41) is 4.25. The van der Waals surface area contributed by atoms with Crippen LogP contribution in [0.25, 0.3) is 11.9 Å². The predicted molar refractivity (Wildman–Crippen MR) is 92.9 cm³/mol. The van der Waals surface area contributed by atoms with E-state index >= 15 is 0 Å². The molecule has 0 aliphatic carbocycles. The first-order valence-electron chi connectivity index (χ1n) is 7.96. The lowest BCUT2D eigenvalue weighted by molar-refractivity contribution is -0.137. The van der Waals surface area contributed by atoms with E-state index in [1.165, 1.54) is 18.2 Å². The van der Waals surface area contributed by atoms with Crippen LogP contribution in [-0.2, 0) is 12.7 Å². The molecule has 0 saturated carbocycles. The maximum Gasteiger partial charge on any atom is 0.416 e. The molecule has 0 aliphatic heterocycles. The Balaban J connectivity index is 1.80. The second kappa shape index (κ2) is 7.15. The van der Waals surface area contributed by atoms with E-state index < -0.39 is 17.6 Å². The SMILES string of the molecule is Cc1cc(/C(F)=C/c2ccc(C(F)(F)F)cc2)nn1Cc1ccccc1. The number of benzene rings is 2. The maximum absolute atomic E-state index is 14.5. The highest BCUT2D eigenvalue weighted by Gasteiger charge is 2.29. The van der Waals surface area contributed by atoms with Gasteiger partial charge in [0.15, 0.2) is 5.83 Å². The lowest BCUT2D eigenvalue weighted by Crippen LogP contribution is -2.04. The summed E-state index contributed by atoms with van der Waals surface area (Å²) in [6.07, 6.45) is -3.23. The third-order valence-corrected chi connectivity index (χ3v) is 3.93. The highest BCUT2D eigenvalue weighted by Crippen LogP contribution is 2.29. The largest absolute Gasteiger partial charge is 0.416 e. The molecule has 0 fully saturated rings. The van der Waals surface area contributed by atoms with Crippen molar-refractivity contribution >= 4 is 11.9 Å². The third kappa shape index (κ3) is 4.20. The normalized spacial score (nSPS) is 12.4. The van der Waals surface area contributed by atoms with Gasteiger partial charge in [0.25, 0.3) is 0 Å². The molecule has 0 amide bonds. The molecule has 0 saturated heterocycles. The zero-order chi connectivity index (χ0) is 18.7. The number of hydrogen-bond donors (Lipinski definition) is 0. The van der Waals surface area contributed by atoms with Crippen LogP contribution in [0.15, 0.2) is 60.7 Å². The summed E-state index contributed by atoms with van der Waals surface area (Å²) in [4.78, 5) is 0. The predicted octanol–water partition coefficient (Wildman–Crippen LogP) is 5.73. The number of hydrogen-bond acceptors (Lipinski definition) is 1. The molecule has 0 bridgehead atoms. The minimum Gasteiger partial charge on any atom is -0.265 e. The van der Waals surface area contributed by atoms with Gasteiger partial charge in [0, 0.05) is 5.69 Å². The molecule has 0 aliphatic rings. The second-order valence-electron chi connectivity index (χ2n) is 5.93. The molecule has 0 spiro atoms. The van der Waals surface area contributed by atoms with Gasteiger partial charge in [-0.2, -0.15) is 18.3 Å². The Morgan fingerprint density at radius 1 is 1.04 bits per heavy atom. The van der Waals surface area contributed by atoms with Gasteiger partial charge >= 0.3 is 6.18 Å². The Morgan fingerprint density at radius 3 is 2.31 bits per heavy atom. The molecule has 3 rings (SSSR count). The third-order valence-electron chi connectivity index (χ3n) is 3.93. The van der Waals surface area contributed by atoms with Crippen LogP contribution in [0.3, 0.4) is 0 Å². The number of alkyl halides is 3. The minimum atomic E-state index is -4.41. The van der Waals surface area contributed by atoms with E-state index in [1.54, 1.807) is 10.7 Å². The molecule has 2 nitrogen and oxygen atoms in total. The van der Waals surface area contributed by atoms with E-state index in [0.717, 1.165) is 23.4 Å². The summed E-state index contributed by atoms with van der Waals surface area (Å²) in [5.74, 6) is -0.598. The monoisotopic (exact) mass is 360 g/mol. The molecule has 134 valence electrons. The van der Waals surface area contributed by atoms with E-state index in [9.17, 15) is 17.6 Å². The molecule has 0 atom stereocenters. The average Bonchev–Trinajstić information content (AvgIpc) is 2.96. The van der Waals surface area contributed by atoms with Gasteiger partial charge < -0.3 is 0 Å². The van der Waals surface area contributed by atoms with Crippen molar-refractivity contribution in [2.24, 2.45) is 0 Å². The average molecular weight is 360 g/mol. The zero-order valence-corrected chi connectivity index (χ0v) is 14.0. The van der Waals surface area contributed by atoms with Gasteiger partial charge in [-0.05, 0) is 42.3 Å². The van der Waals surface area contributed by atoms with E-state index in [1.807, 2.05) is 37.3 Å². The smallest absolute Gasteiger partial charge is 0.265 e. The Labute approximate surface area is 148 Å². The molecular weight excluding hydrogens is 344 g/mol. The van der Waals surface area contributed by atoms with Gasteiger partial charge in [0.05, 0.1) is 12.1 Å². The Bertz CT molecular complexity index is 907. The van der Waals surface area contributed by atoms with E-state index in [-0.39, 0.29) is 5.69 Å². The Kier molecular flexibility index (Phi) is 4.93. The van der Waals surface area contributed by atoms with Gasteiger partial charge in [0.2, 0.25) is 0 Å². The van der Waals surface area contributed by atoms with Crippen molar-refractivity contribution in [2.45, 2.75) is 19.6 Å². The standard InChI is InChI=1S/C20H16F4N2/c1-14-11-19(25-26(14)13-16-5-3-2-4-6-16)18(21)12-15-7-9-17(10-8-15)20(22,23)24/h2-12H,13H2,1H3/b18-12-. The fourth-order valence-corrected chi connectivity index (χ4v) is 2.53. The van der Waals surface area contributed by atoms with Crippen LogP contribution >= 0.6 is 0 Å². The van der Waals surface area contributed by atoms with Crippen LogP contribution in [0.5, 0.6) is 0 Å². The molecule has 1 heterocycles. The fraction of sp³-hybridized carbons (Fsp3) is 0.150. The van der Waals surface area contributed by atoms with Crippen LogP contribution < -0.4 is 0 Å². The van der Waals surface area contributed by atoms with E-state index in [0.29, 0.717) is 12.1 Å². The van der Waals surface area contributed by atoms with Crippen molar-refractivity contribution in [3.05, 3.63) is 88.7 Å². The summed E-state index contributed by atoms with van der Waals surface area (Å²) in [7, 11) is 0. The van der Waals surface area contributed by atoms with Crippen LogP contribution in [0.4, 0.5) is 17.6 Å². The molecule has 0 N–H and O–H groups in total. The number of halogens is 4. The number of nitrogens with zero attached hydrogens (tertiary/aromatic N) is 2. The van der Waals surface area contributed by atoms with Crippen molar-refractivity contribution in [3.8, 4) is 0 Å². The van der Waals surface area contributed by atoms with Crippen molar-refractivity contribution in [1.82, 2.24) is 9.78 Å². The van der Waals surface area contributed by atoms with Crippen LogP contribution in [-0.4, -0.2) is 9.78 Å². The van der Waals surface area contributed by atoms with E-state index in [4.69, 9.17) is 0 Å². The molecule has 6 heteroatoms. The van der Waals surface area contributed by atoms with Gasteiger partial charge in [-0.3, -0.25) is 4.68 Å². The first kappa shape index (κ1) is 17.9. The van der Waals surface area contributed by atoms with Crippen LogP contribution in [0, 0.1) is 6.92 Å². The Morgan fingerprint density at radius 2 is 1.69 bits per heavy atom.